The number of amides is 2. The molecule has 19 heavy (non-hydrogen) atoms. The summed E-state index contributed by atoms with van der Waals surface area (Å²) >= 11 is 0. The molecule has 1 saturated heterocycles. The van der Waals surface area contributed by atoms with E-state index in [1.807, 2.05) is 0 Å². The zero-order valence-electron chi connectivity index (χ0n) is 11.8. The van der Waals surface area contributed by atoms with E-state index in [0.717, 1.165) is 6.42 Å². The van der Waals surface area contributed by atoms with Gasteiger partial charge < -0.3 is 15.4 Å². The highest BCUT2D eigenvalue weighted by molar-refractivity contribution is 5.88. The second-order valence-electron chi connectivity index (χ2n) is 5.73. The van der Waals surface area contributed by atoms with Crippen LogP contribution in [0.2, 0.25) is 0 Å². The van der Waals surface area contributed by atoms with Crippen LogP contribution in [-0.2, 0) is 19.1 Å². The van der Waals surface area contributed by atoms with Crippen LogP contribution in [0.1, 0.15) is 46.5 Å². The first-order valence-corrected chi connectivity index (χ1v) is 6.51. The van der Waals surface area contributed by atoms with E-state index in [1.54, 1.807) is 20.8 Å². The second kappa shape index (κ2) is 6.04. The van der Waals surface area contributed by atoms with Crippen molar-refractivity contribution in [2.45, 2.75) is 58.1 Å². The summed E-state index contributed by atoms with van der Waals surface area (Å²) in [6.07, 6.45) is 1.45. The average molecular weight is 270 g/mol. The van der Waals surface area contributed by atoms with E-state index in [1.165, 1.54) is 4.90 Å². The molecule has 0 aliphatic carbocycles. The Morgan fingerprint density at radius 2 is 1.89 bits per heavy atom. The highest BCUT2D eigenvalue weighted by Gasteiger charge is 2.32. The first-order valence-electron chi connectivity index (χ1n) is 6.51. The van der Waals surface area contributed by atoms with Crippen LogP contribution in [0.3, 0.4) is 0 Å². The van der Waals surface area contributed by atoms with Crippen LogP contribution in [-0.4, -0.2) is 40.9 Å². The first-order chi connectivity index (χ1) is 8.70. The van der Waals surface area contributed by atoms with E-state index in [4.69, 9.17) is 10.5 Å². The number of primary amides is 1. The molecule has 1 fully saturated rings. The number of carbonyl (C=O) groups excluding carboxylic acids is 3. The van der Waals surface area contributed by atoms with Crippen LogP contribution in [0, 0.1) is 0 Å². The molecule has 1 atom stereocenters. The quantitative estimate of drug-likeness (QED) is 0.757. The lowest BCUT2D eigenvalue weighted by Gasteiger charge is -2.23. The van der Waals surface area contributed by atoms with Gasteiger partial charge in [-0.05, 0) is 33.6 Å². The summed E-state index contributed by atoms with van der Waals surface area (Å²) in [5.41, 5.74) is 4.69. The largest absolute Gasteiger partial charge is 0.460 e. The predicted octanol–water partition coefficient (Wildman–Crippen LogP) is 0.585. The van der Waals surface area contributed by atoms with Crippen molar-refractivity contribution in [3.63, 3.8) is 0 Å². The Labute approximate surface area is 113 Å². The van der Waals surface area contributed by atoms with Gasteiger partial charge in [0.25, 0.3) is 0 Å². The van der Waals surface area contributed by atoms with Gasteiger partial charge in [0.2, 0.25) is 11.8 Å². The van der Waals surface area contributed by atoms with Gasteiger partial charge in [-0.3, -0.25) is 14.4 Å². The molecular weight excluding hydrogens is 248 g/mol. The molecule has 6 heteroatoms. The van der Waals surface area contributed by atoms with Crippen LogP contribution in [0.15, 0.2) is 0 Å². The van der Waals surface area contributed by atoms with Crippen molar-refractivity contribution in [3.8, 4) is 0 Å². The standard InChI is InChI=1S/C13H22N2O4/c1-13(2,3)19-11(17)7-6-10(16)15-8-4-5-9(15)12(14)18/h9H,4-8H2,1-3H3,(H2,14,18). The van der Waals surface area contributed by atoms with Gasteiger partial charge in [0.05, 0.1) is 6.42 Å². The molecule has 0 spiro atoms. The number of hydrogen-bond acceptors (Lipinski definition) is 4. The van der Waals surface area contributed by atoms with Crippen molar-refractivity contribution in [1.29, 1.82) is 0 Å². The lowest BCUT2D eigenvalue weighted by atomic mass is 10.2. The Morgan fingerprint density at radius 1 is 1.26 bits per heavy atom. The summed E-state index contributed by atoms with van der Waals surface area (Å²) in [4.78, 5) is 36.1. The fraction of sp³-hybridized carbons (Fsp3) is 0.769. The molecule has 6 nitrogen and oxygen atoms in total. The van der Waals surface area contributed by atoms with Crippen LogP contribution in [0.25, 0.3) is 0 Å². The summed E-state index contributed by atoms with van der Waals surface area (Å²) in [6, 6.07) is -0.522. The molecule has 0 aromatic heterocycles. The number of nitrogens with two attached hydrogens (primary N) is 1. The number of nitrogens with zero attached hydrogens (tertiary/aromatic N) is 1. The Morgan fingerprint density at radius 3 is 2.42 bits per heavy atom. The molecule has 0 saturated carbocycles. The Balaban J connectivity index is 2.43. The number of ether oxygens (including phenoxy) is 1. The Hall–Kier alpha value is -1.59. The molecule has 2 N–H and O–H groups in total. The minimum atomic E-state index is -0.552. The number of hydrogen-bond donors (Lipinski definition) is 1. The molecule has 1 rings (SSSR count). The van der Waals surface area contributed by atoms with Crippen molar-refractivity contribution in [2.24, 2.45) is 5.73 Å². The third-order valence-corrected chi connectivity index (χ3v) is 2.86. The zero-order chi connectivity index (χ0) is 14.6. The van der Waals surface area contributed by atoms with Crippen LogP contribution in [0.4, 0.5) is 0 Å². The van der Waals surface area contributed by atoms with E-state index in [2.05, 4.69) is 0 Å². The molecule has 1 aliphatic rings. The number of carbonyl (C=O) groups is 3. The minimum Gasteiger partial charge on any atom is -0.460 e. The van der Waals surface area contributed by atoms with Gasteiger partial charge in [0, 0.05) is 13.0 Å². The van der Waals surface area contributed by atoms with Gasteiger partial charge in [0.1, 0.15) is 11.6 Å². The second-order valence-corrected chi connectivity index (χ2v) is 5.73. The smallest absolute Gasteiger partial charge is 0.306 e. The maximum absolute atomic E-state index is 11.9. The van der Waals surface area contributed by atoms with E-state index >= 15 is 0 Å². The molecule has 2 amide bonds. The van der Waals surface area contributed by atoms with Gasteiger partial charge in [0.15, 0.2) is 0 Å². The van der Waals surface area contributed by atoms with Gasteiger partial charge in [-0.2, -0.15) is 0 Å². The lowest BCUT2D eigenvalue weighted by Crippen LogP contribution is -2.43. The molecule has 1 unspecified atom stereocenters. The Bertz CT molecular complexity index is 373. The van der Waals surface area contributed by atoms with Crippen LogP contribution < -0.4 is 5.73 Å². The highest BCUT2D eigenvalue weighted by atomic mass is 16.6. The summed E-state index contributed by atoms with van der Waals surface area (Å²) < 4.78 is 5.12. The zero-order valence-corrected chi connectivity index (χ0v) is 11.8. The lowest BCUT2D eigenvalue weighted by molar-refractivity contribution is -0.156. The summed E-state index contributed by atoms with van der Waals surface area (Å²) in [7, 11) is 0. The average Bonchev–Trinajstić information content (AvgIpc) is 2.72. The van der Waals surface area contributed by atoms with Crippen molar-refractivity contribution >= 4 is 17.8 Å². The molecule has 108 valence electrons. The van der Waals surface area contributed by atoms with Crippen LogP contribution in [0.5, 0.6) is 0 Å². The molecule has 0 bridgehead atoms. The van der Waals surface area contributed by atoms with Crippen LogP contribution >= 0.6 is 0 Å². The third kappa shape index (κ3) is 4.89. The SMILES string of the molecule is CC(C)(C)OC(=O)CCC(=O)N1CCCC1C(N)=O. The molecule has 1 aliphatic heterocycles. The highest BCUT2D eigenvalue weighted by Crippen LogP contribution is 2.18. The first kappa shape index (κ1) is 15.5. The summed E-state index contributed by atoms with van der Waals surface area (Å²) in [5.74, 6) is -1.11. The number of rotatable bonds is 4. The molecule has 0 radical (unpaired) electrons. The van der Waals surface area contributed by atoms with Crippen molar-refractivity contribution in [3.05, 3.63) is 0 Å². The molecule has 1 heterocycles. The maximum atomic E-state index is 11.9. The van der Waals surface area contributed by atoms with Gasteiger partial charge in [-0.1, -0.05) is 0 Å². The fourth-order valence-electron chi connectivity index (χ4n) is 2.11. The fourth-order valence-corrected chi connectivity index (χ4v) is 2.11. The normalized spacial score (nSPS) is 19.3. The predicted molar refractivity (Wildman–Crippen MR) is 69.0 cm³/mol. The Kier molecular flexibility index (Phi) is 4.91. The number of esters is 1. The van der Waals surface area contributed by atoms with Gasteiger partial charge in [-0.25, -0.2) is 0 Å². The topological polar surface area (TPSA) is 89.7 Å². The van der Waals surface area contributed by atoms with E-state index in [9.17, 15) is 14.4 Å². The third-order valence-electron chi connectivity index (χ3n) is 2.86. The molecular formula is C13H22N2O4. The van der Waals surface area contributed by atoms with Crippen molar-refractivity contribution in [2.75, 3.05) is 6.54 Å². The van der Waals surface area contributed by atoms with Gasteiger partial charge >= 0.3 is 5.97 Å². The monoisotopic (exact) mass is 270 g/mol. The molecule has 0 aromatic rings. The summed E-state index contributed by atoms with van der Waals surface area (Å²) in [6.45, 7) is 5.85. The van der Waals surface area contributed by atoms with E-state index in [-0.39, 0.29) is 18.7 Å². The maximum Gasteiger partial charge on any atom is 0.306 e. The van der Waals surface area contributed by atoms with Crippen molar-refractivity contribution in [1.82, 2.24) is 4.90 Å². The minimum absolute atomic E-state index is 0.0259. The summed E-state index contributed by atoms with van der Waals surface area (Å²) in [5, 5.41) is 0. The van der Waals surface area contributed by atoms with E-state index < -0.39 is 23.5 Å². The molecule has 0 aromatic carbocycles. The van der Waals surface area contributed by atoms with Gasteiger partial charge in [-0.15, -0.1) is 0 Å². The van der Waals surface area contributed by atoms with Crippen molar-refractivity contribution < 1.29 is 19.1 Å². The van der Waals surface area contributed by atoms with E-state index in [0.29, 0.717) is 13.0 Å². The number of likely N-dealkylation sites (tertiary alicyclic amines) is 1.